The molecule has 0 saturated heterocycles. The summed E-state index contributed by atoms with van der Waals surface area (Å²) >= 11 is 0. The Morgan fingerprint density at radius 1 is 0.324 bits per heavy atom. The molecule has 0 N–H and O–H groups in total. The molecule has 0 radical (unpaired) electrons. The second-order valence-corrected chi connectivity index (χ2v) is 18.5. The van der Waals surface area contributed by atoms with E-state index in [4.69, 9.17) is 14.2 Å². The van der Waals surface area contributed by atoms with Crippen molar-refractivity contribution in [2.24, 2.45) is 0 Å². The highest BCUT2D eigenvalue weighted by atomic mass is 16.6. The Morgan fingerprint density at radius 3 is 1.03 bits per heavy atom. The fraction of sp³-hybridized carbons (Fsp3) is 0.683. The molecule has 388 valence electrons. The van der Waals surface area contributed by atoms with Gasteiger partial charge < -0.3 is 14.2 Å². The van der Waals surface area contributed by atoms with E-state index in [2.05, 4.69) is 124 Å². The normalized spacial score (nSPS) is 13.0. The van der Waals surface area contributed by atoms with Crippen LogP contribution in [0.3, 0.4) is 0 Å². The van der Waals surface area contributed by atoms with Gasteiger partial charge in [-0.05, 0) is 89.9 Å². The summed E-state index contributed by atoms with van der Waals surface area (Å²) in [7, 11) is 0. The molecule has 0 fully saturated rings. The van der Waals surface area contributed by atoms with E-state index in [9.17, 15) is 9.59 Å². The van der Waals surface area contributed by atoms with Crippen LogP contribution in [0.4, 0.5) is 0 Å². The van der Waals surface area contributed by atoms with Crippen LogP contribution in [-0.4, -0.2) is 37.9 Å². The molecule has 0 aliphatic heterocycles. The summed E-state index contributed by atoms with van der Waals surface area (Å²) in [6.07, 6.45) is 80.0. The third-order valence-electron chi connectivity index (χ3n) is 11.8. The predicted octanol–water partition coefficient (Wildman–Crippen LogP) is 19.6. The van der Waals surface area contributed by atoms with E-state index >= 15 is 0 Å². The lowest BCUT2D eigenvalue weighted by atomic mass is 10.0. The average molecular weight is 944 g/mol. The van der Waals surface area contributed by atoms with Gasteiger partial charge in [-0.1, -0.05) is 259 Å². The highest BCUT2D eigenvalue weighted by molar-refractivity contribution is 5.70. The summed E-state index contributed by atoms with van der Waals surface area (Å²) in [6.45, 7) is 7.48. The quantitative estimate of drug-likeness (QED) is 0.0345. The second kappa shape index (κ2) is 57.9. The Labute approximate surface area is 421 Å². The van der Waals surface area contributed by atoms with Gasteiger partial charge in [0, 0.05) is 19.4 Å². The van der Waals surface area contributed by atoms with E-state index in [1.807, 2.05) is 6.08 Å². The van der Waals surface area contributed by atoms with E-state index in [0.29, 0.717) is 25.9 Å². The van der Waals surface area contributed by atoms with Crippen molar-refractivity contribution in [3.8, 4) is 0 Å². The van der Waals surface area contributed by atoms with Crippen molar-refractivity contribution < 1.29 is 23.8 Å². The van der Waals surface area contributed by atoms with Gasteiger partial charge in [-0.3, -0.25) is 9.59 Å². The largest absolute Gasteiger partial charge is 0.463 e. The smallest absolute Gasteiger partial charge is 0.306 e. The number of unbranched alkanes of at least 4 members (excludes halogenated alkanes) is 22. The summed E-state index contributed by atoms with van der Waals surface area (Å²) in [5.74, 6) is -0.487. The number of esters is 2. The summed E-state index contributed by atoms with van der Waals surface area (Å²) < 4.78 is 17.4. The number of ether oxygens (including phenoxy) is 3. The fourth-order valence-electron chi connectivity index (χ4n) is 7.59. The van der Waals surface area contributed by atoms with Crippen molar-refractivity contribution in [3.05, 3.63) is 109 Å². The predicted molar refractivity (Wildman–Crippen MR) is 297 cm³/mol. The highest BCUT2D eigenvalue weighted by Gasteiger charge is 2.15. The third kappa shape index (κ3) is 55.2. The van der Waals surface area contributed by atoms with Gasteiger partial charge in [0.15, 0.2) is 0 Å². The topological polar surface area (TPSA) is 61.8 Å². The Kier molecular flexibility index (Phi) is 54.9. The van der Waals surface area contributed by atoms with Gasteiger partial charge in [0.1, 0.15) is 19.3 Å². The number of hydrogen-bond acceptors (Lipinski definition) is 5. The van der Waals surface area contributed by atoms with Crippen molar-refractivity contribution in [1.29, 1.82) is 0 Å². The number of carbonyl (C=O) groups excluding carboxylic acids is 2. The molecule has 0 aromatic rings. The Balaban J connectivity index is 4.45. The zero-order valence-electron chi connectivity index (χ0n) is 44.6. The zero-order valence-corrected chi connectivity index (χ0v) is 44.6. The van der Waals surface area contributed by atoms with Crippen molar-refractivity contribution in [1.82, 2.24) is 0 Å². The minimum Gasteiger partial charge on any atom is -0.463 e. The van der Waals surface area contributed by atoms with Crippen molar-refractivity contribution in [2.45, 2.75) is 258 Å². The Morgan fingerprint density at radius 2 is 0.632 bits per heavy atom. The fourth-order valence-corrected chi connectivity index (χ4v) is 7.59. The van der Waals surface area contributed by atoms with Crippen LogP contribution in [0.15, 0.2) is 109 Å². The molecule has 0 bridgehead atoms. The molecular formula is C63H106O5. The van der Waals surface area contributed by atoms with E-state index in [-0.39, 0.29) is 25.2 Å². The monoisotopic (exact) mass is 943 g/mol. The first-order chi connectivity index (χ1) is 33.6. The molecule has 0 aromatic carbocycles. The van der Waals surface area contributed by atoms with Crippen LogP contribution in [-0.2, 0) is 23.8 Å². The van der Waals surface area contributed by atoms with Crippen LogP contribution >= 0.6 is 0 Å². The zero-order chi connectivity index (χ0) is 49.2. The van der Waals surface area contributed by atoms with Crippen LogP contribution < -0.4 is 0 Å². The lowest BCUT2D eigenvalue weighted by Gasteiger charge is -2.18. The van der Waals surface area contributed by atoms with E-state index < -0.39 is 6.10 Å². The molecule has 0 spiro atoms. The molecule has 0 aliphatic rings. The molecule has 0 aliphatic carbocycles. The summed E-state index contributed by atoms with van der Waals surface area (Å²) in [6, 6.07) is 0. The summed E-state index contributed by atoms with van der Waals surface area (Å²) in [5.41, 5.74) is 0. The lowest BCUT2D eigenvalue weighted by Crippen LogP contribution is -2.29. The Bertz CT molecular complexity index is 1340. The SMILES string of the molecule is CC/C=C\C/C=C\C/C=C\C/C=C\C/C=C\C/C=C\CCC(=O)OC[C@H](COC(=O)CCC/C=C\C/C=C\C/C=C\CCCCCCCC)OCCCCCCCCCCCCCCCCCC. The molecule has 0 saturated carbocycles. The standard InChI is InChI=1S/C63H106O5/c1-4-7-10-13-16-19-22-25-28-31-32-34-36-39-42-45-48-51-54-57-63(65)68-60-61(66-58-55-52-49-46-43-40-37-30-27-24-21-18-15-12-9-6-3)59-67-62(64)56-53-50-47-44-41-38-35-33-29-26-23-20-17-14-11-8-5-2/h7,10,16,19,25-26,28-29,32,34-35,38-39,42,44,47-48,51,61H,4-6,8-9,11-15,17-18,20-24,27,30-31,33,36-37,40-41,43,45-46,49-50,52-60H2,1-3H3/b10-7-,19-16-,28-25-,29-26-,34-32-,38-35-,42-39-,47-44-,51-48-/t61-/m0/s1. The van der Waals surface area contributed by atoms with Crippen LogP contribution in [0.25, 0.3) is 0 Å². The Hall–Kier alpha value is -3.44. The molecule has 0 unspecified atom stereocenters. The molecule has 5 heteroatoms. The van der Waals surface area contributed by atoms with Crippen LogP contribution in [0.1, 0.15) is 252 Å². The summed E-state index contributed by atoms with van der Waals surface area (Å²) in [5, 5.41) is 0. The van der Waals surface area contributed by atoms with Gasteiger partial charge in [0.2, 0.25) is 0 Å². The first-order valence-electron chi connectivity index (χ1n) is 28.4. The van der Waals surface area contributed by atoms with Crippen molar-refractivity contribution in [2.75, 3.05) is 19.8 Å². The van der Waals surface area contributed by atoms with Gasteiger partial charge in [0.25, 0.3) is 0 Å². The van der Waals surface area contributed by atoms with E-state index in [1.54, 1.807) is 0 Å². The van der Waals surface area contributed by atoms with Gasteiger partial charge in [-0.15, -0.1) is 0 Å². The van der Waals surface area contributed by atoms with E-state index in [0.717, 1.165) is 77.0 Å². The summed E-state index contributed by atoms with van der Waals surface area (Å²) in [4.78, 5) is 25.2. The average Bonchev–Trinajstić information content (AvgIpc) is 3.34. The first-order valence-corrected chi connectivity index (χ1v) is 28.4. The van der Waals surface area contributed by atoms with Crippen LogP contribution in [0.5, 0.6) is 0 Å². The van der Waals surface area contributed by atoms with Gasteiger partial charge in [0.05, 0.1) is 0 Å². The molecule has 5 nitrogen and oxygen atoms in total. The first kappa shape index (κ1) is 64.6. The highest BCUT2D eigenvalue weighted by Crippen LogP contribution is 2.15. The number of rotatable bonds is 51. The third-order valence-corrected chi connectivity index (χ3v) is 11.8. The molecule has 0 heterocycles. The molecular weight excluding hydrogens is 837 g/mol. The maximum atomic E-state index is 12.6. The number of hydrogen-bond donors (Lipinski definition) is 0. The van der Waals surface area contributed by atoms with Gasteiger partial charge in [-0.2, -0.15) is 0 Å². The second-order valence-electron chi connectivity index (χ2n) is 18.5. The van der Waals surface area contributed by atoms with Crippen molar-refractivity contribution >= 4 is 11.9 Å². The molecule has 0 aromatic heterocycles. The minimum absolute atomic E-state index is 0.0971. The number of carbonyl (C=O) groups is 2. The molecule has 1 atom stereocenters. The maximum absolute atomic E-state index is 12.6. The molecule has 68 heavy (non-hydrogen) atoms. The lowest BCUT2D eigenvalue weighted by molar-refractivity contribution is -0.155. The minimum atomic E-state index is -0.456. The molecule has 0 amide bonds. The van der Waals surface area contributed by atoms with Crippen LogP contribution in [0.2, 0.25) is 0 Å². The van der Waals surface area contributed by atoms with Crippen molar-refractivity contribution in [3.63, 3.8) is 0 Å². The van der Waals surface area contributed by atoms with Gasteiger partial charge >= 0.3 is 11.9 Å². The van der Waals surface area contributed by atoms with E-state index in [1.165, 1.54) is 135 Å². The number of allylic oxidation sites excluding steroid dienone is 18. The molecule has 0 rings (SSSR count). The van der Waals surface area contributed by atoms with Crippen LogP contribution in [0, 0.1) is 0 Å². The van der Waals surface area contributed by atoms with Gasteiger partial charge in [-0.25, -0.2) is 0 Å². The maximum Gasteiger partial charge on any atom is 0.306 e.